The maximum atomic E-state index is 12.6. The number of benzene rings is 1. The number of hydrogen-bond acceptors (Lipinski definition) is 5. The molecule has 1 aliphatic carbocycles. The van der Waals surface area contributed by atoms with Crippen molar-refractivity contribution in [2.75, 3.05) is 23.9 Å². The Morgan fingerprint density at radius 3 is 3.00 bits per heavy atom. The van der Waals surface area contributed by atoms with Crippen LogP contribution in [0, 0.1) is 5.92 Å². The van der Waals surface area contributed by atoms with Crippen LogP contribution in [0.3, 0.4) is 0 Å². The molecule has 0 radical (unpaired) electrons. The highest BCUT2D eigenvalue weighted by Gasteiger charge is 2.28. The van der Waals surface area contributed by atoms with Gasteiger partial charge in [-0.2, -0.15) is 0 Å². The number of hydrogen-bond donors (Lipinski definition) is 1. The second-order valence-electron chi connectivity index (χ2n) is 7.74. The zero-order valence-electron chi connectivity index (χ0n) is 16.9. The topological polar surface area (TPSA) is 71.5 Å². The van der Waals surface area contributed by atoms with Crippen LogP contribution < -0.4 is 10.2 Å². The fraction of sp³-hybridized carbons (Fsp3) is 0.500. The summed E-state index contributed by atoms with van der Waals surface area (Å²) < 4.78 is 5.43. The van der Waals surface area contributed by atoms with Gasteiger partial charge in [0.25, 0.3) is 0 Å². The molecule has 1 fully saturated rings. The molecule has 2 heterocycles. The van der Waals surface area contributed by atoms with Crippen LogP contribution in [0.25, 0.3) is 11.3 Å². The van der Waals surface area contributed by atoms with Crippen molar-refractivity contribution in [3.8, 4) is 11.3 Å². The Morgan fingerprint density at radius 2 is 2.21 bits per heavy atom. The van der Waals surface area contributed by atoms with E-state index in [0.717, 1.165) is 55.6 Å². The van der Waals surface area contributed by atoms with Crippen molar-refractivity contribution in [2.24, 2.45) is 5.92 Å². The summed E-state index contributed by atoms with van der Waals surface area (Å²) in [5, 5.41) is 5.59. The number of aromatic nitrogens is 1. The van der Waals surface area contributed by atoms with Crippen molar-refractivity contribution in [3.05, 3.63) is 29.1 Å². The summed E-state index contributed by atoms with van der Waals surface area (Å²) in [5.74, 6) is 0.187. The molecule has 7 heteroatoms. The monoisotopic (exact) mass is 413 g/mol. The summed E-state index contributed by atoms with van der Waals surface area (Å²) >= 11 is 1.45. The normalized spacial score (nSPS) is 21.1. The van der Waals surface area contributed by atoms with Gasteiger partial charge in [-0.1, -0.05) is 19.4 Å². The number of nitrogens with zero attached hydrogens (tertiary/aromatic N) is 2. The summed E-state index contributed by atoms with van der Waals surface area (Å²) in [7, 11) is 1.71. The second kappa shape index (κ2) is 8.63. The Labute approximate surface area is 175 Å². The first-order valence-electron chi connectivity index (χ1n) is 10.3. The zero-order chi connectivity index (χ0) is 20.4. The molecule has 0 bridgehead atoms. The van der Waals surface area contributed by atoms with E-state index in [2.05, 4.69) is 16.4 Å². The quantitative estimate of drug-likeness (QED) is 0.795. The number of thiazole rings is 1. The number of methoxy groups -OCH3 is 1. The van der Waals surface area contributed by atoms with Crippen molar-refractivity contribution in [2.45, 2.75) is 51.6 Å². The van der Waals surface area contributed by atoms with E-state index in [0.29, 0.717) is 11.6 Å². The minimum absolute atomic E-state index is 0.0110. The molecular formula is C22H27N3O3S. The summed E-state index contributed by atoms with van der Waals surface area (Å²) in [4.78, 5) is 31.2. The van der Waals surface area contributed by atoms with E-state index in [1.807, 2.05) is 29.3 Å². The average molecular weight is 414 g/mol. The van der Waals surface area contributed by atoms with Crippen LogP contribution in [-0.4, -0.2) is 36.6 Å². The molecule has 2 amide bonds. The summed E-state index contributed by atoms with van der Waals surface area (Å²) in [5.41, 5.74) is 4.06. The van der Waals surface area contributed by atoms with Gasteiger partial charge in [0.1, 0.15) is 0 Å². The lowest BCUT2D eigenvalue weighted by atomic mass is 9.86. The molecule has 4 rings (SSSR count). The highest BCUT2D eigenvalue weighted by atomic mass is 32.1. The summed E-state index contributed by atoms with van der Waals surface area (Å²) in [6.07, 6.45) is 5.29. The molecule has 1 N–H and O–H groups in total. The Hall–Kier alpha value is -2.25. The van der Waals surface area contributed by atoms with Crippen molar-refractivity contribution in [1.29, 1.82) is 0 Å². The molecule has 1 aromatic heterocycles. The van der Waals surface area contributed by atoms with Crippen molar-refractivity contribution >= 4 is 34.0 Å². The van der Waals surface area contributed by atoms with E-state index in [1.165, 1.54) is 16.9 Å². The van der Waals surface area contributed by atoms with Gasteiger partial charge in [0, 0.05) is 42.6 Å². The minimum atomic E-state index is -0.0110. The number of amides is 2. The lowest BCUT2D eigenvalue weighted by molar-refractivity contribution is -0.122. The van der Waals surface area contributed by atoms with Gasteiger partial charge in [-0.3, -0.25) is 9.59 Å². The van der Waals surface area contributed by atoms with E-state index in [4.69, 9.17) is 4.74 Å². The molecule has 2 atom stereocenters. The zero-order valence-corrected chi connectivity index (χ0v) is 17.8. The molecule has 0 spiro atoms. The third-order valence-corrected chi connectivity index (χ3v) is 6.70. The van der Waals surface area contributed by atoms with Gasteiger partial charge < -0.3 is 15.0 Å². The molecule has 1 saturated carbocycles. The number of anilines is 2. The third kappa shape index (κ3) is 4.21. The number of carbonyl (C=O) groups is 2. The summed E-state index contributed by atoms with van der Waals surface area (Å²) in [6, 6.07) is 6.13. The number of carbonyl (C=O) groups excluding carboxylic acids is 2. The summed E-state index contributed by atoms with van der Waals surface area (Å²) in [6.45, 7) is 2.64. The molecule has 154 valence electrons. The van der Waals surface area contributed by atoms with Gasteiger partial charge in [-0.15, -0.1) is 11.3 Å². The highest BCUT2D eigenvalue weighted by molar-refractivity contribution is 7.14. The number of rotatable bonds is 5. The number of nitrogens with one attached hydrogen (secondary N) is 1. The molecule has 2 aliphatic rings. The first-order chi connectivity index (χ1) is 14.1. The number of ether oxygens (including phenoxy) is 1. The van der Waals surface area contributed by atoms with Gasteiger partial charge in [0.05, 0.1) is 11.8 Å². The maximum Gasteiger partial charge on any atom is 0.229 e. The SMILES string of the molecule is CCC(=O)N1CCc2cc(-c3csc(NC(=O)[C@H]4CCC[C@H](OC)C4)n3)ccc21. The van der Waals surface area contributed by atoms with Crippen LogP contribution in [0.4, 0.5) is 10.8 Å². The number of fused-ring (bicyclic) bond motifs is 1. The van der Waals surface area contributed by atoms with Crippen LogP contribution in [0.15, 0.2) is 23.6 Å². The molecule has 6 nitrogen and oxygen atoms in total. The fourth-order valence-electron chi connectivity index (χ4n) is 4.28. The first kappa shape index (κ1) is 20.0. The predicted octanol–water partition coefficient (Wildman–Crippen LogP) is 4.25. The largest absolute Gasteiger partial charge is 0.381 e. The van der Waals surface area contributed by atoms with E-state index >= 15 is 0 Å². The van der Waals surface area contributed by atoms with E-state index in [-0.39, 0.29) is 23.8 Å². The Morgan fingerprint density at radius 1 is 1.34 bits per heavy atom. The lowest BCUT2D eigenvalue weighted by Crippen LogP contribution is -2.30. The average Bonchev–Trinajstić information content (AvgIpc) is 3.39. The van der Waals surface area contributed by atoms with Gasteiger partial charge in [0.2, 0.25) is 11.8 Å². The molecule has 1 aliphatic heterocycles. The first-order valence-corrected chi connectivity index (χ1v) is 11.2. The van der Waals surface area contributed by atoms with Crippen molar-refractivity contribution in [1.82, 2.24) is 4.98 Å². The molecule has 1 aromatic carbocycles. The maximum absolute atomic E-state index is 12.6. The van der Waals surface area contributed by atoms with Crippen LogP contribution in [-0.2, 0) is 20.7 Å². The van der Waals surface area contributed by atoms with Gasteiger partial charge >= 0.3 is 0 Å². The molecular weight excluding hydrogens is 386 g/mol. The minimum Gasteiger partial charge on any atom is -0.381 e. The van der Waals surface area contributed by atoms with Gasteiger partial charge in [-0.05, 0) is 43.4 Å². The second-order valence-corrected chi connectivity index (χ2v) is 8.60. The van der Waals surface area contributed by atoms with Gasteiger partial charge in [-0.25, -0.2) is 4.98 Å². The van der Waals surface area contributed by atoms with Crippen LogP contribution in [0.1, 0.15) is 44.6 Å². The van der Waals surface area contributed by atoms with Crippen LogP contribution >= 0.6 is 11.3 Å². The molecule has 0 saturated heterocycles. The Bertz CT molecular complexity index is 910. The fourth-order valence-corrected chi connectivity index (χ4v) is 5.00. The molecule has 29 heavy (non-hydrogen) atoms. The lowest BCUT2D eigenvalue weighted by Gasteiger charge is -2.26. The van der Waals surface area contributed by atoms with E-state index in [9.17, 15) is 9.59 Å². The smallest absolute Gasteiger partial charge is 0.229 e. The molecule has 2 aromatic rings. The Balaban J connectivity index is 1.44. The van der Waals surface area contributed by atoms with Gasteiger partial charge in [0.15, 0.2) is 5.13 Å². The Kier molecular flexibility index (Phi) is 5.96. The van der Waals surface area contributed by atoms with Crippen LogP contribution in [0.2, 0.25) is 0 Å². The van der Waals surface area contributed by atoms with Crippen LogP contribution in [0.5, 0.6) is 0 Å². The standard InChI is InChI=1S/C22H27N3O3S/c1-3-20(26)25-10-9-15-11-14(7-8-19(15)25)18-13-29-22(23-18)24-21(27)16-5-4-6-17(12-16)28-2/h7-8,11,13,16-17H,3-6,9-10,12H2,1-2H3,(H,23,24,27)/t16-,17-/m0/s1. The molecule has 0 unspecified atom stereocenters. The van der Waals surface area contributed by atoms with Crippen molar-refractivity contribution < 1.29 is 14.3 Å². The predicted molar refractivity (Wildman–Crippen MR) is 115 cm³/mol. The highest BCUT2D eigenvalue weighted by Crippen LogP contribution is 2.34. The van der Waals surface area contributed by atoms with E-state index < -0.39 is 0 Å². The third-order valence-electron chi connectivity index (χ3n) is 5.94. The van der Waals surface area contributed by atoms with Crippen molar-refractivity contribution in [3.63, 3.8) is 0 Å². The van der Waals surface area contributed by atoms with E-state index in [1.54, 1.807) is 7.11 Å².